The Labute approximate surface area is 177 Å². The van der Waals surface area contributed by atoms with Crippen molar-refractivity contribution in [2.45, 2.75) is 31.5 Å². The van der Waals surface area contributed by atoms with Crippen LogP contribution in [0.15, 0.2) is 47.7 Å². The van der Waals surface area contributed by atoms with Gasteiger partial charge in [0, 0.05) is 30.4 Å². The van der Waals surface area contributed by atoms with E-state index in [1.807, 2.05) is 6.07 Å². The van der Waals surface area contributed by atoms with Crippen molar-refractivity contribution < 1.29 is 22.7 Å². The van der Waals surface area contributed by atoms with Gasteiger partial charge in [-0.05, 0) is 31.0 Å². The summed E-state index contributed by atoms with van der Waals surface area (Å²) < 4.78 is 44.2. The van der Waals surface area contributed by atoms with Crippen molar-refractivity contribution in [3.8, 4) is 5.88 Å². The number of hydrogen-bond donors (Lipinski definition) is 2. The molecule has 0 spiro atoms. The minimum absolute atomic E-state index is 0.0182. The number of rotatable bonds is 6. The predicted molar refractivity (Wildman–Crippen MR) is 109 cm³/mol. The molecule has 0 radical (unpaired) electrons. The average Bonchev–Trinajstić information content (AvgIpc) is 3.44. The van der Waals surface area contributed by atoms with E-state index in [4.69, 9.17) is 4.74 Å². The van der Waals surface area contributed by atoms with Gasteiger partial charge in [-0.15, -0.1) is 0 Å². The molecule has 0 bridgehead atoms. The molecule has 2 aromatic rings. The van der Waals surface area contributed by atoms with E-state index >= 15 is 0 Å². The van der Waals surface area contributed by atoms with Crippen molar-refractivity contribution in [1.82, 2.24) is 15.7 Å². The summed E-state index contributed by atoms with van der Waals surface area (Å²) in [5.74, 6) is -0.320. The molecular weight excluding hydrogens is 411 g/mol. The molecule has 7 nitrogen and oxygen atoms in total. The molecule has 2 aliphatic rings. The smallest absolute Gasteiger partial charge is 0.416 e. The molecule has 0 saturated heterocycles. The lowest BCUT2D eigenvalue weighted by atomic mass is 10.0. The van der Waals surface area contributed by atoms with E-state index in [9.17, 15) is 18.0 Å². The summed E-state index contributed by atoms with van der Waals surface area (Å²) >= 11 is 0. The number of alkyl halides is 3. The van der Waals surface area contributed by atoms with E-state index in [0.717, 1.165) is 37.6 Å². The van der Waals surface area contributed by atoms with E-state index in [0.29, 0.717) is 17.8 Å². The molecule has 31 heavy (non-hydrogen) atoms. The summed E-state index contributed by atoms with van der Waals surface area (Å²) in [6.07, 6.45) is 0.821. The van der Waals surface area contributed by atoms with Crippen LogP contribution in [0.2, 0.25) is 0 Å². The second kappa shape index (κ2) is 8.93. The fraction of sp³-hybridized carbons (Fsp3) is 0.381. The fourth-order valence-electron chi connectivity index (χ4n) is 3.82. The van der Waals surface area contributed by atoms with Gasteiger partial charge in [0.05, 0.1) is 30.0 Å². The zero-order chi connectivity index (χ0) is 21.8. The van der Waals surface area contributed by atoms with Crippen LogP contribution in [0.25, 0.3) is 0 Å². The monoisotopic (exact) mass is 433 g/mol. The largest absolute Gasteiger partial charge is 0.477 e. The van der Waals surface area contributed by atoms with E-state index in [1.54, 1.807) is 29.5 Å². The number of hydrazine groups is 1. The van der Waals surface area contributed by atoms with Crippen molar-refractivity contribution in [2.24, 2.45) is 11.0 Å². The van der Waals surface area contributed by atoms with Gasteiger partial charge in [-0.3, -0.25) is 4.79 Å². The maximum Gasteiger partial charge on any atom is 0.416 e. The molecule has 1 aliphatic carbocycles. The number of benzene rings is 1. The van der Waals surface area contributed by atoms with Gasteiger partial charge in [-0.1, -0.05) is 18.6 Å². The Kier molecular flexibility index (Phi) is 6.08. The minimum Gasteiger partial charge on any atom is -0.477 e. The molecule has 10 heteroatoms. The second-order valence-corrected chi connectivity index (χ2v) is 7.45. The second-order valence-electron chi connectivity index (χ2n) is 7.45. The molecule has 1 aromatic carbocycles. The van der Waals surface area contributed by atoms with Crippen LogP contribution in [0.1, 0.15) is 35.2 Å². The van der Waals surface area contributed by atoms with Gasteiger partial charge in [0.15, 0.2) is 0 Å². The van der Waals surface area contributed by atoms with Crippen LogP contribution in [-0.4, -0.2) is 36.3 Å². The molecule has 1 fully saturated rings. The molecular formula is C21H22F3N5O2. The van der Waals surface area contributed by atoms with Crippen LogP contribution in [0.5, 0.6) is 5.88 Å². The number of anilines is 1. The molecule has 4 rings (SSSR count). The highest BCUT2D eigenvalue weighted by atomic mass is 19.4. The normalized spacial score (nSPS) is 20.8. The van der Waals surface area contributed by atoms with Crippen LogP contribution in [0.3, 0.4) is 0 Å². The van der Waals surface area contributed by atoms with Crippen molar-refractivity contribution in [2.75, 3.05) is 18.3 Å². The highest BCUT2D eigenvalue weighted by Crippen LogP contribution is 2.31. The van der Waals surface area contributed by atoms with Crippen LogP contribution in [-0.2, 0) is 6.18 Å². The summed E-state index contributed by atoms with van der Waals surface area (Å²) in [4.78, 5) is 16.8. The van der Waals surface area contributed by atoms with Crippen LogP contribution in [0, 0.1) is 5.92 Å². The Balaban J connectivity index is 1.40. The Morgan fingerprint density at radius 2 is 2.10 bits per heavy atom. The van der Waals surface area contributed by atoms with Gasteiger partial charge < -0.3 is 10.1 Å². The number of hydrogen-bond acceptors (Lipinski definition) is 6. The highest BCUT2D eigenvalue weighted by molar-refractivity contribution is 6.00. The third kappa shape index (κ3) is 4.96. The zero-order valence-corrected chi connectivity index (χ0v) is 16.6. The number of hydrazone groups is 1. The Bertz CT molecular complexity index is 966. The Morgan fingerprint density at radius 1 is 1.26 bits per heavy atom. The number of nitrogens with zero attached hydrogens (tertiary/aromatic N) is 3. The summed E-state index contributed by atoms with van der Waals surface area (Å²) in [6.45, 7) is 0.764. The molecule has 1 saturated carbocycles. The predicted octanol–water partition coefficient (Wildman–Crippen LogP) is 3.39. The van der Waals surface area contributed by atoms with Crippen molar-refractivity contribution >= 4 is 17.8 Å². The average molecular weight is 433 g/mol. The number of amides is 1. The topological polar surface area (TPSA) is 78.8 Å². The number of carbonyl (C=O) groups is 1. The molecule has 1 aliphatic heterocycles. The quantitative estimate of drug-likeness (QED) is 0.730. The summed E-state index contributed by atoms with van der Waals surface area (Å²) in [5.41, 5.74) is 3.38. The fourth-order valence-corrected chi connectivity index (χ4v) is 3.82. The summed E-state index contributed by atoms with van der Waals surface area (Å²) in [7, 11) is 0. The van der Waals surface area contributed by atoms with E-state index in [1.165, 1.54) is 0 Å². The van der Waals surface area contributed by atoms with Gasteiger partial charge in [0.25, 0.3) is 5.91 Å². The van der Waals surface area contributed by atoms with E-state index in [2.05, 4.69) is 20.8 Å². The van der Waals surface area contributed by atoms with Gasteiger partial charge in [0.2, 0.25) is 5.88 Å². The number of carbonyl (C=O) groups excluding carboxylic acids is 1. The Morgan fingerprint density at radius 3 is 2.87 bits per heavy atom. The molecule has 2 unspecified atom stereocenters. The van der Waals surface area contributed by atoms with Crippen LogP contribution < -0.4 is 20.6 Å². The molecule has 2 heterocycles. The standard InChI is InChI=1S/C21H22F3N5O2/c22-21(23,24)15-8-9-25-19(12-15)31-13-14-4-3-6-17(14)28-20(30)16-5-1-2-7-18(16)29-26-10-11-27-29/h1-2,5,7-10,12,14,17,27H,3-4,6,11,13H2,(H,28,30). The SMILES string of the molecule is O=C(NC1CCCC1COc1cc(C(F)(F)F)ccn1)c1ccccc1N1N=CCN1. The number of nitrogens with one attached hydrogen (secondary N) is 2. The van der Waals surface area contributed by atoms with E-state index < -0.39 is 11.7 Å². The third-order valence-electron chi connectivity index (χ3n) is 5.39. The maximum absolute atomic E-state index is 13.0. The van der Waals surface area contributed by atoms with Gasteiger partial charge in [0.1, 0.15) is 0 Å². The van der Waals surface area contributed by atoms with Crippen molar-refractivity contribution in [3.05, 3.63) is 53.7 Å². The number of ether oxygens (including phenoxy) is 1. The summed E-state index contributed by atoms with van der Waals surface area (Å²) in [5, 5.41) is 8.81. The Hall–Kier alpha value is -3.14. The first-order chi connectivity index (χ1) is 14.9. The number of aromatic nitrogens is 1. The van der Waals surface area contributed by atoms with Crippen molar-refractivity contribution in [3.63, 3.8) is 0 Å². The lowest BCUT2D eigenvalue weighted by molar-refractivity contribution is -0.137. The first-order valence-corrected chi connectivity index (χ1v) is 10.0. The van der Waals surface area contributed by atoms with Crippen molar-refractivity contribution in [1.29, 1.82) is 0 Å². The molecule has 164 valence electrons. The van der Waals surface area contributed by atoms with E-state index in [-0.39, 0.29) is 30.4 Å². The number of para-hydroxylation sites is 1. The maximum atomic E-state index is 13.0. The van der Waals surface area contributed by atoms with Gasteiger partial charge in [-0.25, -0.2) is 10.4 Å². The lowest BCUT2D eigenvalue weighted by Crippen LogP contribution is -2.40. The van der Waals surface area contributed by atoms with Gasteiger partial charge >= 0.3 is 6.18 Å². The first kappa shape index (κ1) is 21.1. The van der Waals surface area contributed by atoms with Crippen LogP contribution in [0.4, 0.5) is 18.9 Å². The summed E-state index contributed by atoms with van der Waals surface area (Å²) in [6, 6.07) is 8.81. The minimum atomic E-state index is -4.45. The molecule has 1 amide bonds. The number of halogens is 3. The highest BCUT2D eigenvalue weighted by Gasteiger charge is 2.32. The van der Waals surface area contributed by atoms with Gasteiger partial charge in [-0.2, -0.15) is 23.4 Å². The molecule has 2 N–H and O–H groups in total. The third-order valence-corrected chi connectivity index (χ3v) is 5.39. The van der Waals surface area contributed by atoms with Crippen LogP contribution >= 0.6 is 0 Å². The molecule has 1 aromatic heterocycles. The zero-order valence-electron chi connectivity index (χ0n) is 16.6. The number of pyridine rings is 1. The first-order valence-electron chi connectivity index (χ1n) is 10.0. The molecule has 2 atom stereocenters. The lowest BCUT2D eigenvalue weighted by Gasteiger charge is -2.23.